The minimum absolute atomic E-state index is 0.680. The molecule has 0 bridgehead atoms. The summed E-state index contributed by atoms with van der Waals surface area (Å²) in [6.07, 6.45) is 32.2. The number of rotatable bonds is 22. The Balaban J connectivity index is 1.65. The maximum absolute atomic E-state index is 5.76. The lowest BCUT2D eigenvalue weighted by molar-refractivity contribution is 0.401. The quantitative estimate of drug-likeness (QED) is 0.101. The van der Waals surface area contributed by atoms with Crippen LogP contribution in [-0.4, -0.2) is 14.2 Å². The Kier molecular flexibility index (Phi) is 18.3. The van der Waals surface area contributed by atoms with E-state index in [2.05, 4.69) is 125 Å². The molecule has 258 valence electrons. The SMILES string of the molecule is CCCCC(CCCC)c1ccc(/C=C/C=C/c2cc(OC)c(/C=C/C=C/c3ccc(C(CCCC)CCCC)cc3)cc2OC)cc1. The van der Waals surface area contributed by atoms with Crippen molar-refractivity contribution in [2.24, 2.45) is 0 Å². The highest BCUT2D eigenvalue weighted by molar-refractivity contribution is 5.70. The molecule has 3 aromatic carbocycles. The van der Waals surface area contributed by atoms with Crippen molar-refractivity contribution in [2.45, 2.75) is 117 Å². The number of unbranched alkanes of at least 4 members (excludes halogenated alkanes) is 4. The Morgan fingerprint density at radius 2 is 0.771 bits per heavy atom. The molecular formula is C46H62O2. The van der Waals surface area contributed by atoms with Crippen LogP contribution in [0, 0.1) is 0 Å². The van der Waals surface area contributed by atoms with Gasteiger partial charge >= 0.3 is 0 Å². The number of methoxy groups -OCH3 is 2. The largest absolute Gasteiger partial charge is 0.496 e. The van der Waals surface area contributed by atoms with Gasteiger partial charge in [0, 0.05) is 11.1 Å². The molecule has 0 unspecified atom stereocenters. The van der Waals surface area contributed by atoms with Gasteiger partial charge in [0.2, 0.25) is 0 Å². The lowest BCUT2D eigenvalue weighted by Crippen LogP contribution is -1.99. The van der Waals surface area contributed by atoms with E-state index in [-0.39, 0.29) is 0 Å². The van der Waals surface area contributed by atoms with E-state index >= 15 is 0 Å². The van der Waals surface area contributed by atoms with Crippen LogP contribution in [0.4, 0.5) is 0 Å². The first-order valence-corrected chi connectivity index (χ1v) is 18.7. The fourth-order valence-corrected chi connectivity index (χ4v) is 6.37. The van der Waals surface area contributed by atoms with Gasteiger partial charge in [-0.15, -0.1) is 0 Å². The van der Waals surface area contributed by atoms with Crippen LogP contribution in [0.5, 0.6) is 11.5 Å². The van der Waals surface area contributed by atoms with Gasteiger partial charge in [0.05, 0.1) is 14.2 Å². The van der Waals surface area contributed by atoms with Crippen molar-refractivity contribution in [3.8, 4) is 11.5 Å². The second-order valence-corrected chi connectivity index (χ2v) is 13.1. The molecule has 2 nitrogen and oxygen atoms in total. The topological polar surface area (TPSA) is 18.5 Å². The fourth-order valence-electron chi connectivity index (χ4n) is 6.37. The van der Waals surface area contributed by atoms with E-state index in [9.17, 15) is 0 Å². The molecule has 0 spiro atoms. The maximum atomic E-state index is 5.76. The number of hydrogen-bond acceptors (Lipinski definition) is 2. The van der Waals surface area contributed by atoms with Gasteiger partial charge in [0.25, 0.3) is 0 Å². The second kappa shape index (κ2) is 22.7. The van der Waals surface area contributed by atoms with Crippen LogP contribution in [0.2, 0.25) is 0 Å². The molecule has 48 heavy (non-hydrogen) atoms. The summed E-state index contributed by atoms with van der Waals surface area (Å²) >= 11 is 0. The molecule has 0 N–H and O–H groups in total. The van der Waals surface area contributed by atoms with Crippen LogP contribution < -0.4 is 9.47 Å². The van der Waals surface area contributed by atoms with Crippen molar-refractivity contribution >= 4 is 24.3 Å². The first-order valence-electron chi connectivity index (χ1n) is 18.7. The Labute approximate surface area is 293 Å². The molecule has 0 aromatic heterocycles. The van der Waals surface area contributed by atoms with E-state index < -0.39 is 0 Å². The zero-order chi connectivity index (χ0) is 34.4. The minimum atomic E-state index is 0.680. The normalized spacial score (nSPS) is 12.2. The Morgan fingerprint density at radius 1 is 0.458 bits per heavy atom. The summed E-state index contributed by atoms with van der Waals surface area (Å²) in [5.41, 5.74) is 7.35. The smallest absolute Gasteiger partial charge is 0.126 e. The van der Waals surface area contributed by atoms with Crippen molar-refractivity contribution in [3.05, 3.63) is 118 Å². The van der Waals surface area contributed by atoms with Gasteiger partial charge in [-0.2, -0.15) is 0 Å². The summed E-state index contributed by atoms with van der Waals surface area (Å²) in [5, 5.41) is 0. The average Bonchev–Trinajstić information content (AvgIpc) is 3.12. The predicted molar refractivity (Wildman–Crippen MR) is 212 cm³/mol. The monoisotopic (exact) mass is 646 g/mol. The van der Waals surface area contributed by atoms with E-state index in [4.69, 9.17) is 9.47 Å². The zero-order valence-electron chi connectivity index (χ0n) is 30.8. The van der Waals surface area contributed by atoms with Gasteiger partial charge in [-0.3, -0.25) is 0 Å². The molecule has 0 saturated heterocycles. The molecule has 2 heteroatoms. The first-order chi connectivity index (χ1) is 23.6. The number of ether oxygens (including phenoxy) is 2. The maximum Gasteiger partial charge on any atom is 0.126 e. The summed E-state index contributed by atoms with van der Waals surface area (Å²) < 4.78 is 11.5. The summed E-state index contributed by atoms with van der Waals surface area (Å²) in [7, 11) is 3.44. The van der Waals surface area contributed by atoms with Crippen LogP contribution in [0.1, 0.15) is 150 Å². The molecule has 3 aromatic rings. The van der Waals surface area contributed by atoms with Gasteiger partial charge in [0.1, 0.15) is 11.5 Å². The molecule has 0 saturated carbocycles. The standard InChI is InChI=1S/C46H62O2/c1-7-11-21-39(22-12-8-2)41-31-27-37(28-32-41)19-15-17-25-43-35-46(48-6)44(36-45(43)47-5)26-18-16-20-38-29-33-42(34-30-38)40(23-13-9-3)24-14-10-4/h15-20,25-36,39-40H,7-14,21-24H2,1-6H3/b19-15+,20-16+,25-17+,26-18+. The highest BCUT2D eigenvalue weighted by Crippen LogP contribution is 2.32. The Bertz CT molecular complexity index is 1290. The molecule has 0 aliphatic heterocycles. The van der Waals surface area contributed by atoms with Gasteiger partial charge < -0.3 is 9.47 Å². The lowest BCUT2D eigenvalue weighted by atomic mass is 9.88. The number of allylic oxidation sites excluding steroid dienone is 4. The molecule has 0 radical (unpaired) electrons. The van der Waals surface area contributed by atoms with Gasteiger partial charge in [-0.05, 0) is 71.9 Å². The number of hydrogen-bond donors (Lipinski definition) is 0. The molecule has 0 atom stereocenters. The highest BCUT2D eigenvalue weighted by Gasteiger charge is 2.12. The third-order valence-electron chi connectivity index (χ3n) is 9.37. The van der Waals surface area contributed by atoms with Crippen molar-refractivity contribution in [2.75, 3.05) is 14.2 Å². The van der Waals surface area contributed by atoms with Crippen molar-refractivity contribution < 1.29 is 9.47 Å². The van der Waals surface area contributed by atoms with Crippen LogP contribution in [-0.2, 0) is 0 Å². The van der Waals surface area contributed by atoms with Gasteiger partial charge in [0.15, 0.2) is 0 Å². The van der Waals surface area contributed by atoms with Crippen molar-refractivity contribution in [3.63, 3.8) is 0 Å². The molecule has 0 fully saturated rings. The molecule has 3 rings (SSSR count). The molecule has 0 aliphatic rings. The van der Waals surface area contributed by atoms with E-state index in [0.29, 0.717) is 11.8 Å². The highest BCUT2D eigenvalue weighted by atomic mass is 16.5. The second-order valence-electron chi connectivity index (χ2n) is 13.1. The molecule has 0 aliphatic carbocycles. The average molecular weight is 647 g/mol. The Hall–Kier alpha value is -3.78. The first kappa shape index (κ1) is 38.7. The van der Waals surface area contributed by atoms with Crippen molar-refractivity contribution in [1.29, 1.82) is 0 Å². The van der Waals surface area contributed by atoms with E-state index in [1.54, 1.807) is 14.2 Å². The molecular weight excluding hydrogens is 585 g/mol. The Morgan fingerprint density at radius 3 is 1.06 bits per heavy atom. The van der Waals surface area contributed by atoms with Gasteiger partial charge in [-0.25, -0.2) is 0 Å². The van der Waals surface area contributed by atoms with Gasteiger partial charge in [-0.1, -0.05) is 176 Å². The third kappa shape index (κ3) is 13.0. The van der Waals surface area contributed by atoms with Crippen LogP contribution >= 0.6 is 0 Å². The third-order valence-corrected chi connectivity index (χ3v) is 9.37. The summed E-state index contributed by atoms with van der Waals surface area (Å²) in [6.45, 7) is 9.14. The van der Waals surface area contributed by atoms with E-state index in [1.165, 1.54) is 99.3 Å². The van der Waals surface area contributed by atoms with Crippen LogP contribution in [0.25, 0.3) is 24.3 Å². The fraction of sp³-hybridized carbons (Fsp3) is 0.435. The van der Waals surface area contributed by atoms with E-state index in [0.717, 1.165) is 22.6 Å². The number of benzene rings is 3. The van der Waals surface area contributed by atoms with Crippen molar-refractivity contribution in [1.82, 2.24) is 0 Å². The van der Waals surface area contributed by atoms with E-state index in [1.807, 2.05) is 12.1 Å². The summed E-state index contributed by atoms with van der Waals surface area (Å²) in [5.74, 6) is 2.99. The van der Waals surface area contributed by atoms with Crippen LogP contribution in [0.3, 0.4) is 0 Å². The molecule has 0 heterocycles. The lowest BCUT2D eigenvalue weighted by Gasteiger charge is -2.17. The predicted octanol–water partition coefficient (Wildman–Crippen LogP) is 14.1. The van der Waals surface area contributed by atoms with Crippen LogP contribution in [0.15, 0.2) is 85.0 Å². The summed E-state index contributed by atoms with van der Waals surface area (Å²) in [6, 6.07) is 22.4. The minimum Gasteiger partial charge on any atom is -0.496 e. The molecule has 0 amide bonds. The summed E-state index contributed by atoms with van der Waals surface area (Å²) in [4.78, 5) is 0. The zero-order valence-corrected chi connectivity index (χ0v) is 30.8.